The van der Waals surface area contributed by atoms with E-state index in [1.807, 2.05) is 7.05 Å². The molecule has 2 rings (SSSR count). The molecule has 1 saturated heterocycles. The third-order valence-electron chi connectivity index (χ3n) is 4.99. The van der Waals surface area contributed by atoms with Gasteiger partial charge in [0.1, 0.15) is 0 Å². The summed E-state index contributed by atoms with van der Waals surface area (Å²) in [5.41, 5.74) is 0. The van der Waals surface area contributed by atoms with Crippen molar-refractivity contribution in [2.24, 2.45) is 22.7 Å². The molecular weight excluding hydrogens is 434 g/mol. The molecule has 0 spiro atoms. The van der Waals surface area contributed by atoms with Crippen LogP contribution < -0.4 is 5.32 Å². The zero-order valence-electron chi connectivity index (χ0n) is 14.4. The average molecular weight is 463 g/mol. The summed E-state index contributed by atoms with van der Waals surface area (Å²) in [4.78, 5) is 6.36. The maximum absolute atomic E-state index is 12.7. The highest BCUT2D eigenvalue weighted by atomic mass is 127. The molecule has 1 unspecified atom stereocenters. The average Bonchev–Trinajstić information content (AvgIpc) is 3.00. The Bertz CT molecular complexity index is 393. The predicted molar refractivity (Wildman–Crippen MR) is 99.8 cm³/mol. The number of aliphatic imine (C=N–C) groups is 1. The largest absolute Gasteiger partial charge is 0.391 e. The first-order valence-corrected chi connectivity index (χ1v) is 8.46. The fourth-order valence-electron chi connectivity index (χ4n) is 3.52. The Kier molecular flexibility index (Phi) is 9.11. The number of guanidine groups is 1. The zero-order chi connectivity index (χ0) is 16.9. The van der Waals surface area contributed by atoms with Crippen LogP contribution >= 0.6 is 24.0 Å². The lowest BCUT2D eigenvalue weighted by atomic mass is 9.81. The van der Waals surface area contributed by atoms with Crippen LogP contribution in [-0.4, -0.2) is 57.4 Å². The number of rotatable bonds is 4. The molecular formula is C16H29F3IN3O. The summed E-state index contributed by atoms with van der Waals surface area (Å²) in [6.07, 6.45) is -1.18. The van der Waals surface area contributed by atoms with Gasteiger partial charge in [0.15, 0.2) is 5.96 Å². The first kappa shape index (κ1) is 21.8. The van der Waals surface area contributed by atoms with Gasteiger partial charge < -0.3 is 15.0 Å². The number of halogens is 4. The van der Waals surface area contributed by atoms with Crippen LogP contribution in [0.1, 0.15) is 32.1 Å². The van der Waals surface area contributed by atoms with Crippen molar-refractivity contribution in [1.82, 2.24) is 10.2 Å². The van der Waals surface area contributed by atoms with Gasteiger partial charge in [0.25, 0.3) is 0 Å². The van der Waals surface area contributed by atoms with Crippen LogP contribution in [0.2, 0.25) is 0 Å². The molecule has 2 aliphatic rings. The highest BCUT2D eigenvalue weighted by Crippen LogP contribution is 2.39. The molecule has 0 bridgehead atoms. The van der Waals surface area contributed by atoms with Gasteiger partial charge >= 0.3 is 6.18 Å². The van der Waals surface area contributed by atoms with Crippen molar-refractivity contribution in [3.8, 4) is 0 Å². The minimum Gasteiger partial charge on any atom is -0.381 e. The molecule has 0 aromatic heterocycles. The molecule has 0 aromatic rings. The minimum absolute atomic E-state index is 0. The normalized spacial score (nSPS) is 28.4. The van der Waals surface area contributed by atoms with Crippen LogP contribution in [-0.2, 0) is 4.74 Å². The summed E-state index contributed by atoms with van der Waals surface area (Å²) in [7, 11) is 3.73. The third kappa shape index (κ3) is 6.57. The van der Waals surface area contributed by atoms with Crippen LogP contribution in [0.4, 0.5) is 13.2 Å². The smallest absolute Gasteiger partial charge is 0.381 e. The molecule has 0 aromatic carbocycles. The van der Waals surface area contributed by atoms with Crippen molar-refractivity contribution < 1.29 is 17.9 Å². The van der Waals surface area contributed by atoms with Crippen LogP contribution in [0.15, 0.2) is 4.99 Å². The van der Waals surface area contributed by atoms with Gasteiger partial charge in [-0.15, -0.1) is 24.0 Å². The Morgan fingerprint density at radius 1 is 1.17 bits per heavy atom. The Morgan fingerprint density at radius 3 is 2.33 bits per heavy atom. The second-order valence-electron chi connectivity index (χ2n) is 6.80. The first-order valence-electron chi connectivity index (χ1n) is 8.46. The summed E-state index contributed by atoms with van der Waals surface area (Å²) in [5.74, 6) is 0.535. The predicted octanol–water partition coefficient (Wildman–Crippen LogP) is 3.52. The van der Waals surface area contributed by atoms with Gasteiger partial charge in [-0.05, 0) is 38.0 Å². The van der Waals surface area contributed by atoms with Gasteiger partial charge in [0, 0.05) is 39.7 Å². The van der Waals surface area contributed by atoms with E-state index >= 15 is 0 Å². The van der Waals surface area contributed by atoms with Gasteiger partial charge in [-0.1, -0.05) is 0 Å². The second kappa shape index (κ2) is 10.0. The Balaban J connectivity index is 0.00000288. The lowest BCUT2D eigenvalue weighted by Gasteiger charge is -2.31. The van der Waals surface area contributed by atoms with Gasteiger partial charge in [-0.3, -0.25) is 4.99 Å². The van der Waals surface area contributed by atoms with E-state index in [-0.39, 0.29) is 36.8 Å². The standard InChI is InChI=1S/C16H28F3N3O.HI/c1-20-15(22(2)10-13-7-8-23-11-13)21-9-12-3-5-14(6-4-12)16(17,18)19;/h12-14H,3-11H2,1-2H3,(H,20,21);1H. The van der Waals surface area contributed by atoms with E-state index in [0.29, 0.717) is 31.2 Å². The Hall–Kier alpha value is -0.250. The highest BCUT2D eigenvalue weighted by Gasteiger charge is 2.41. The molecule has 142 valence electrons. The molecule has 1 heterocycles. The van der Waals surface area contributed by atoms with Crippen molar-refractivity contribution in [3.05, 3.63) is 0 Å². The Labute approximate surface area is 159 Å². The van der Waals surface area contributed by atoms with Gasteiger partial charge in [-0.25, -0.2) is 0 Å². The lowest BCUT2D eigenvalue weighted by Crippen LogP contribution is -2.43. The molecule has 0 radical (unpaired) electrons. The number of alkyl halides is 3. The lowest BCUT2D eigenvalue weighted by molar-refractivity contribution is -0.183. The van der Waals surface area contributed by atoms with E-state index in [0.717, 1.165) is 32.1 Å². The number of nitrogens with zero attached hydrogens (tertiary/aromatic N) is 2. The van der Waals surface area contributed by atoms with E-state index in [4.69, 9.17) is 4.74 Å². The van der Waals surface area contributed by atoms with E-state index in [2.05, 4.69) is 15.2 Å². The molecule has 2 fully saturated rings. The number of hydrogen-bond donors (Lipinski definition) is 1. The summed E-state index contributed by atoms with van der Waals surface area (Å²) in [6, 6.07) is 0. The molecule has 1 N–H and O–H groups in total. The maximum Gasteiger partial charge on any atom is 0.391 e. The summed E-state index contributed by atoms with van der Waals surface area (Å²) >= 11 is 0. The van der Waals surface area contributed by atoms with E-state index in [9.17, 15) is 13.2 Å². The van der Waals surface area contributed by atoms with Crippen molar-refractivity contribution in [2.75, 3.05) is 40.4 Å². The molecule has 0 amide bonds. The van der Waals surface area contributed by atoms with Gasteiger partial charge in [0.2, 0.25) is 0 Å². The summed E-state index contributed by atoms with van der Waals surface area (Å²) < 4.78 is 43.4. The maximum atomic E-state index is 12.7. The second-order valence-corrected chi connectivity index (χ2v) is 6.80. The van der Waals surface area contributed by atoms with E-state index < -0.39 is 12.1 Å². The quantitative estimate of drug-likeness (QED) is 0.394. The molecule has 1 aliphatic carbocycles. The van der Waals surface area contributed by atoms with Crippen LogP contribution in [0, 0.1) is 17.8 Å². The molecule has 1 saturated carbocycles. The van der Waals surface area contributed by atoms with Crippen LogP contribution in [0.3, 0.4) is 0 Å². The topological polar surface area (TPSA) is 36.9 Å². The van der Waals surface area contributed by atoms with E-state index in [1.165, 1.54) is 0 Å². The van der Waals surface area contributed by atoms with Gasteiger partial charge in [-0.2, -0.15) is 13.2 Å². The molecule has 4 nitrogen and oxygen atoms in total. The number of nitrogens with one attached hydrogen (secondary N) is 1. The Morgan fingerprint density at radius 2 is 1.83 bits per heavy atom. The van der Waals surface area contributed by atoms with Crippen molar-refractivity contribution >= 4 is 29.9 Å². The zero-order valence-corrected chi connectivity index (χ0v) is 16.8. The summed E-state index contributed by atoms with van der Waals surface area (Å²) in [5, 5.41) is 3.32. The van der Waals surface area contributed by atoms with Crippen LogP contribution in [0.5, 0.6) is 0 Å². The number of hydrogen-bond acceptors (Lipinski definition) is 2. The molecule has 24 heavy (non-hydrogen) atoms. The third-order valence-corrected chi connectivity index (χ3v) is 4.99. The van der Waals surface area contributed by atoms with Crippen molar-refractivity contribution in [3.63, 3.8) is 0 Å². The van der Waals surface area contributed by atoms with E-state index in [1.54, 1.807) is 7.05 Å². The fraction of sp³-hybridized carbons (Fsp3) is 0.938. The monoisotopic (exact) mass is 463 g/mol. The van der Waals surface area contributed by atoms with Gasteiger partial charge in [0.05, 0.1) is 12.5 Å². The SMILES string of the molecule is CN=C(NCC1CCC(C(F)(F)F)CC1)N(C)CC1CCOC1.I. The number of ether oxygens (including phenoxy) is 1. The van der Waals surface area contributed by atoms with Crippen molar-refractivity contribution in [1.29, 1.82) is 0 Å². The van der Waals surface area contributed by atoms with Crippen molar-refractivity contribution in [2.45, 2.75) is 38.3 Å². The minimum atomic E-state index is -4.03. The fourth-order valence-corrected chi connectivity index (χ4v) is 3.52. The van der Waals surface area contributed by atoms with Crippen LogP contribution in [0.25, 0.3) is 0 Å². The molecule has 8 heteroatoms. The molecule has 1 aliphatic heterocycles. The highest BCUT2D eigenvalue weighted by molar-refractivity contribution is 14.0. The first-order chi connectivity index (χ1) is 10.9. The summed E-state index contributed by atoms with van der Waals surface area (Å²) in [6.45, 7) is 3.21. The molecule has 1 atom stereocenters.